The fourth-order valence-electron chi connectivity index (χ4n) is 2.56. The molecule has 1 unspecified atom stereocenters. The van der Waals surface area contributed by atoms with Crippen LogP contribution < -0.4 is 11.3 Å². The summed E-state index contributed by atoms with van der Waals surface area (Å²) in [5.41, 5.74) is 5.81. The first-order valence-electron chi connectivity index (χ1n) is 6.90. The van der Waals surface area contributed by atoms with E-state index < -0.39 is 5.54 Å². The van der Waals surface area contributed by atoms with Crippen molar-refractivity contribution >= 4 is 27.5 Å². The van der Waals surface area contributed by atoms with Gasteiger partial charge in [0.05, 0.1) is 17.6 Å². The molecule has 2 heterocycles. The second-order valence-electron chi connectivity index (χ2n) is 5.87. The summed E-state index contributed by atoms with van der Waals surface area (Å²) < 4.78 is 0.606. The molecule has 3 rings (SSSR count). The van der Waals surface area contributed by atoms with Gasteiger partial charge in [-0.15, -0.1) is 11.3 Å². The van der Waals surface area contributed by atoms with Crippen LogP contribution in [0.2, 0.25) is 0 Å². The summed E-state index contributed by atoms with van der Waals surface area (Å²) in [6.45, 7) is 2.03. The molecule has 21 heavy (non-hydrogen) atoms. The van der Waals surface area contributed by atoms with Crippen LogP contribution in [0.25, 0.3) is 10.2 Å². The van der Waals surface area contributed by atoms with Crippen LogP contribution in [-0.2, 0) is 11.3 Å². The summed E-state index contributed by atoms with van der Waals surface area (Å²) in [5.74, 6) is 0.630. The normalized spacial score (nSPS) is 17.7. The van der Waals surface area contributed by atoms with E-state index in [0.29, 0.717) is 16.0 Å². The molecular formula is C14H18N4O2S. The lowest BCUT2D eigenvalue weighted by Gasteiger charge is -2.28. The molecule has 1 amide bonds. The first-order chi connectivity index (χ1) is 9.89. The number of thiophene rings is 1. The Balaban J connectivity index is 1.81. The molecule has 6 nitrogen and oxygen atoms in total. The number of rotatable bonds is 4. The van der Waals surface area contributed by atoms with Crippen LogP contribution in [-0.4, -0.2) is 33.4 Å². The molecule has 1 atom stereocenters. The van der Waals surface area contributed by atoms with Gasteiger partial charge in [0.1, 0.15) is 10.5 Å². The zero-order chi connectivity index (χ0) is 15.2. The van der Waals surface area contributed by atoms with Gasteiger partial charge in [0.2, 0.25) is 5.91 Å². The zero-order valence-corrected chi connectivity index (χ0v) is 12.9. The minimum atomic E-state index is -0.832. The Hall–Kier alpha value is -1.73. The number of fused-ring (bicyclic) bond motifs is 1. The average molecular weight is 306 g/mol. The molecule has 0 saturated heterocycles. The van der Waals surface area contributed by atoms with Gasteiger partial charge < -0.3 is 15.6 Å². The fraction of sp³-hybridized carbons (Fsp3) is 0.500. The Morgan fingerprint density at radius 2 is 2.33 bits per heavy atom. The summed E-state index contributed by atoms with van der Waals surface area (Å²) >= 11 is 1.36. The Labute approximate surface area is 126 Å². The summed E-state index contributed by atoms with van der Waals surface area (Å²) in [7, 11) is 1.69. The number of aromatic nitrogens is 2. The van der Waals surface area contributed by atoms with E-state index in [-0.39, 0.29) is 23.9 Å². The largest absolute Gasteiger partial charge is 0.337 e. The molecule has 0 bridgehead atoms. The lowest BCUT2D eigenvalue weighted by molar-refractivity contribution is -0.136. The number of H-pyrrole nitrogens is 1. The minimum Gasteiger partial charge on any atom is -0.337 e. The lowest BCUT2D eigenvalue weighted by Crippen LogP contribution is -2.53. The number of nitrogens with two attached hydrogens (primary N) is 1. The third kappa shape index (κ3) is 2.58. The van der Waals surface area contributed by atoms with E-state index in [2.05, 4.69) is 9.97 Å². The van der Waals surface area contributed by atoms with Gasteiger partial charge in [-0.05, 0) is 37.1 Å². The third-order valence-corrected chi connectivity index (χ3v) is 4.89. The lowest BCUT2D eigenvalue weighted by atomic mass is 9.95. The van der Waals surface area contributed by atoms with Crippen molar-refractivity contribution in [3.05, 3.63) is 27.6 Å². The number of carbonyl (C=O) groups is 1. The maximum Gasteiger partial charge on any atom is 0.268 e. The van der Waals surface area contributed by atoms with Crippen molar-refractivity contribution in [1.29, 1.82) is 0 Å². The van der Waals surface area contributed by atoms with E-state index >= 15 is 0 Å². The number of amides is 1. The molecule has 2 aromatic rings. The number of aromatic amines is 1. The highest BCUT2D eigenvalue weighted by Gasteiger charge is 2.45. The molecule has 3 N–H and O–H groups in total. The number of hydrogen-bond acceptors (Lipinski definition) is 5. The van der Waals surface area contributed by atoms with E-state index in [1.807, 2.05) is 5.38 Å². The van der Waals surface area contributed by atoms with Gasteiger partial charge in [0.15, 0.2) is 0 Å². The topological polar surface area (TPSA) is 92.1 Å². The van der Waals surface area contributed by atoms with Crippen molar-refractivity contribution in [2.24, 2.45) is 11.7 Å². The van der Waals surface area contributed by atoms with Gasteiger partial charge in [0, 0.05) is 7.05 Å². The van der Waals surface area contributed by atoms with Gasteiger partial charge in [-0.2, -0.15) is 0 Å². The van der Waals surface area contributed by atoms with Crippen molar-refractivity contribution in [2.45, 2.75) is 31.8 Å². The second-order valence-corrected chi connectivity index (χ2v) is 6.78. The van der Waals surface area contributed by atoms with Gasteiger partial charge in [-0.1, -0.05) is 0 Å². The van der Waals surface area contributed by atoms with Crippen LogP contribution in [0.5, 0.6) is 0 Å². The fourth-order valence-corrected chi connectivity index (χ4v) is 3.29. The summed E-state index contributed by atoms with van der Waals surface area (Å²) in [6, 6.07) is 1.80. The van der Waals surface area contributed by atoms with Crippen LogP contribution in [0.15, 0.2) is 16.2 Å². The predicted molar refractivity (Wildman–Crippen MR) is 82.0 cm³/mol. The molecule has 2 aromatic heterocycles. The van der Waals surface area contributed by atoms with Gasteiger partial charge in [0.25, 0.3) is 5.56 Å². The maximum absolute atomic E-state index is 12.4. The Morgan fingerprint density at radius 3 is 3.00 bits per heavy atom. The van der Waals surface area contributed by atoms with Crippen molar-refractivity contribution in [1.82, 2.24) is 14.9 Å². The van der Waals surface area contributed by atoms with E-state index in [4.69, 9.17) is 5.73 Å². The smallest absolute Gasteiger partial charge is 0.268 e. The van der Waals surface area contributed by atoms with Crippen molar-refractivity contribution in [2.75, 3.05) is 7.05 Å². The standard InChI is InChI=1S/C14H18N4O2S/c1-14(15,8-3-4-8)13(20)18(2)7-10-16-9-5-6-21-11(9)12(19)17-10/h5-6,8H,3-4,7,15H2,1-2H3,(H,16,17,19). The van der Waals surface area contributed by atoms with Gasteiger partial charge >= 0.3 is 0 Å². The van der Waals surface area contributed by atoms with Crippen LogP contribution in [0.4, 0.5) is 0 Å². The van der Waals surface area contributed by atoms with Crippen molar-refractivity contribution in [3.8, 4) is 0 Å². The predicted octanol–water partition coefficient (Wildman–Crippen LogP) is 1.07. The molecule has 112 valence electrons. The molecule has 1 aliphatic carbocycles. The molecule has 1 fully saturated rings. The SMILES string of the molecule is CN(Cc1nc2ccsc2c(=O)[nH]1)C(=O)C(C)(N)C1CC1. The number of carbonyl (C=O) groups excluding carboxylic acids is 1. The molecule has 0 spiro atoms. The highest BCUT2D eigenvalue weighted by atomic mass is 32.1. The van der Waals surface area contributed by atoms with E-state index in [0.717, 1.165) is 12.8 Å². The second kappa shape index (κ2) is 4.92. The molecule has 1 saturated carbocycles. The van der Waals surface area contributed by atoms with Crippen LogP contribution in [0.3, 0.4) is 0 Å². The third-order valence-electron chi connectivity index (χ3n) is 3.98. The van der Waals surface area contributed by atoms with Crippen molar-refractivity contribution in [3.63, 3.8) is 0 Å². The summed E-state index contributed by atoms with van der Waals surface area (Å²) in [4.78, 5) is 33.0. The first kappa shape index (κ1) is 14.2. The Kier molecular flexibility index (Phi) is 3.33. The molecule has 7 heteroatoms. The van der Waals surface area contributed by atoms with E-state index in [9.17, 15) is 9.59 Å². The summed E-state index contributed by atoms with van der Waals surface area (Å²) in [5, 5.41) is 1.83. The molecular weight excluding hydrogens is 288 g/mol. The van der Waals surface area contributed by atoms with Gasteiger partial charge in [-0.25, -0.2) is 4.98 Å². The maximum atomic E-state index is 12.4. The van der Waals surface area contributed by atoms with Crippen LogP contribution in [0.1, 0.15) is 25.6 Å². The number of likely N-dealkylation sites (N-methyl/N-ethyl adjacent to an activating group) is 1. The van der Waals surface area contributed by atoms with E-state index in [1.165, 1.54) is 16.2 Å². The number of hydrogen-bond donors (Lipinski definition) is 2. The monoisotopic (exact) mass is 306 g/mol. The first-order valence-corrected chi connectivity index (χ1v) is 7.78. The highest BCUT2D eigenvalue weighted by molar-refractivity contribution is 7.17. The highest BCUT2D eigenvalue weighted by Crippen LogP contribution is 2.38. The zero-order valence-electron chi connectivity index (χ0n) is 12.0. The minimum absolute atomic E-state index is 0.113. The molecule has 0 aromatic carbocycles. The Bertz CT molecular complexity index is 745. The van der Waals surface area contributed by atoms with Crippen LogP contribution >= 0.6 is 11.3 Å². The number of nitrogens with one attached hydrogen (secondary N) is 1. The Morgan fingerprint density at radius 1 is 1.62 bits per heavy atom. The van der Waals surface area contributed by atoms with Crippen LogP contribution in [0, 0.1) is 5.92 Å². The van der Waals surface area contributed by atoms with Gasteiger partial charge in [-0.3, -0.25) is 9.59 Å². The molecule has 1 aliphatic rings. The number of nitrogens with zero attached hydrogens (tertiary/aromatic N) is 2. The van der Waals surface area contributed by atoms with E-state index in [1.54, 1.807) is 20.0 Å². The quantitative estimate of drug-likeness (QED) is 0.884. The summed E-state index contributed by atoms with van der Waals surface area (Å²) in [6.07, 6.45) is 2.01. The molecule has 0 aliphatic heterocycles. The molecule has 0 radical (unpaired) electrons. The average Bonchev–Trinajstić information content (AvgIpc) is 3.18. The van der Waals surface area contributed by atoms with Crippen molar-refractivity contribution < 1.29 is 4.79 Å².